The molecule has 0 saturated heterocycles. The van der Waals surface area contributed by atoms with Gasteiger partial charge in [0.2, 0.25) is 0 Å². The van der Waals surface area contributed by atoms with Crippen molar-refractivity contribution < 1.29 is 0 Å². The fourth-order valence-corrected chi connectivity index (χ4v) is 3.18. The molecule has 1 aliphatic rings. The molecule has 0 fully saturated rings. The minimum Gasteiger partial charge on any atom is -0.293 e. The molecular weight excluding hydrogens is 310 g/mol. The van der Waals surface area contributed by atoms with Crippen molar-refractivity contribution in [1.82, 2.24) is 24.8 Å². The van der Waals surface area contributed by atoms with Crippen LogP contribution in [-0.2, 0) is 24.9 Å². The predicted octanol–water partition coefficient (Wildman–Crippen LogP) is 3.28. The molecular formula is C20H23N5. The Balaban J connectivity index is 1.52. The summed E-state index contributed by atoms with van der Waals surface area (Å²) in [5.41, 5.74) is 4.30. The summed E-state index contributed by atoms with van der Waals surface area (Å²) in [5.74, 6) is 0.932. The van der Waals surface area contributed by atoms with E-state index in [-0.39, 0.29) is 5.41 Å². The molecule has 3 aromatic rings. The first-order chi connectivity index (χ1) is 12.0. The molecule has 0 unspecified atom stereocenters. The lowest BCUT2D eigenvalue weighted by Gasteiger charge is -2.28. The molecule has 0 bridgehead atoms. The van der Waals surface area contributed by atoms with E-state index >= 15 is 0 Å². The zero-order chi connectivity index (χ0) is 17.4. The maximum atomic E-state index is 4.80. The molecule has 0 radical (unpaired) electrons. The van der Waals surface area contributed by atoms with Gasteiger partial charge in [-0.2, -0.15) is 0 Å². The van der Waals surface area contributed by atoms with E-state index in [9.17, 15) is 0 Å². The molecule has 0 amide bonds. The number of hydrogen-bond donors (Lipinski definition) is 0. The summed E-state index contributed by atoms with van der Waals surface area (Å²) >= 11 is 0. The zero-order valence-corrected chi connectivity index (χ0v) is 15.0. The summed E-state index contributed by atoms with van der Waals surface area (Å²) < 4.78 is 0. The molecule has 0 atom stereocenters. The van der Waals surface area contributed by atoms with Crippen LogP contribution in [0.25, 0.3) is 11.0 Å². The van der Waals surface area contributed by atoms with Crippen LogP contribution in [0.4, 0.5) is 0 Å². The number of aromatic nitrogens is 4. The second kappa shape index (κ2) is 6.15. The van der Waals surface area contributed by atoms with Crippen LogP contribution in [0.2, 0.25) is 0 Å². The van der Waals surface area contributed by atoms with Gasteiger partial charge in [-0.1, -0.05) is 20.8 Å². The topological polar surface area (TPSA) is 54.8 Å². The van der Waals surface area contributed by atoms with Crippen LogP contribution in [0, 0.1) is 0 Å². The van der Waals surface area contributed by atoms with E-state index in [4.69, 9.17) is 4.98 Å². The fraction of sp³-hybridized carbons (Fsp3) is 0.400. The molecule has 1 aliphatic heterocycles. The van der Waals surface area contributed by atoms with Crippen LogP contribution < -0.4 is 0 Å². The quantitative estimate of drug-likeness (QED) is 0.720. The Bertz CT molecular complexity index is 913. The second-order valence-corrected chi connectivity index (χ2v) is 7.73. The monoisotopic (exact) mass is 333 g/mol. The van der Waals surface area contributed by atoms with Crippen molar-refractivity contribution >= 4 is 11.0 Å². The summed E-state index contributed by atoms with van der Waals surface area (Å²) in [7, 11) is 0. The average Bonchev–Trinajstić information content (AvgIpc) is 2.60. The van der Waals surface area contributed by atoms with E-state index < -0.39 is 0 Å². The lowest BCUT2D eigenvalue weighted by molar-refractivity contribution is 0.239. The first-order valence-electron chi connectivity index (χ1n) is 8.77. The Morgan fingerprint density at radius 2 is 1.96 bits per heavy atom. The first kappa shape index (κ1) is 16.1. The van der Waals surface area contributed by atoms with Gasteiger partial charge in [0.1, 0.15) is 5.82 Å². The van der Waals surface area contributed by atoms with E-state index in [0.29, 0.717) is 0 Å². The largest absolute Gasteiger partial charge is 0.293 e. The van der Waals surface area contributed by atoms with Crippen molar-refractivity contribution in [1.29, 1.82) is 0 Å². The van der Waals surface area contributed by atoms with Gasteiger partial charge in [0.15, 0.2) is 5.65 Å². The van der Waals surface area contributed by atoms with Gasteiger partial charge in [0.25, 0.3) is 0 Å². The third-order valence-corrected chi connectivity index (χ3v) is 4.59. The van der Waals surface area contributed by atoms with Crippen LogP contribution in [0.5, 0.6) is 0 Å². The highest BCUT2D eigenvalue weighted by molar-refractivity contribution is 5.74. The van der Waals surface area contributed by atoms with Gasteiger partial charge < -0.3 is 0 Å². The average molecular weight is 333 g/mol. The predicted molar refractivity (Wildman–Crippen MR) is 98.1 cm³/mol. The van der Waals surface area contributed by atoms with Gasteiger partial charge in [0.05, 0.1) is 5.69 Å². The van der Waals surface area contributed by atoms with Gasteiger partial charge in [-0.05, 0) is 24.3 Å². The van der Waals surface area contributed by atoms with Gasteiger partial charge in [-0.15, -0.1) is 0 Å². The number of pyridine rings is 2. The maximum absolute atomic E-state index is 4.80. The summed E-state index contributed by atoms with van der Waals surface area (Å²) in [6.07, 6.45) is 4.76. The van der Waals surface area contributed by atoms with Crippen molar-refractivity contribution in [3.8, 4) is 0 Å². The summed E-state index contributed by atoms with van der Waals surface area (Å²) in [4.78, 5) is 20.8. The minimum atomic E-state index is -0.00577. The molecule has 4 rings (SSSR count). The van der Waals surface area contributed by atoms with Crippen LogP contribution in [-0.4, -0.2) is 31.4 Å². The van der Waals surface area contributed by atoms with Gasteiger partial charge >= 0.3 is 0 Å². The zero-order valence-electron chi connectivity index (χ0n) is 15.0. The number of rotatable bonds is 2. The maximum Gasteiger partial charge on any atom is 0.159 e. The third kappa shape index (κ3) is 3.37. The Morgan fingerprint density at radius 1 is 1.08 bits per heavy atom. The number of hydrogen-bond acceptors (Lipinski definition) is 5. The highest BCUT2D eigenvalue weighted by atomic mass is 15.1. The lowest BCUT2D eigenvalue weighted by atomic mass is 9.95. The van der Waals surface area contributed by atoms with Crippen LogP contribution in [0.1, 0.15) is 43.5 Å². The van der Waals surface area contributed by atoms with E-state index in [0.717, 1.165) is 48.6 Å². The summed E-state index contributed by atoms with van der Waals surface area (Å²) in [5, 5.41) is 1.08. The van der Waals surface area contributed by atoms with E-state index in [1.165, 1.54) is 11.3 Å². The molecule has 4 heterocycles. The molecule has 5 nitrogen and oxygen atoms in total. The highest BCUT2D eigenvalue weighted by Crippen LogP contribution is 2.23. The van der Waals surface area contributed by atoms with E-state index in [1.54, 1.807) is 6.20 Å². The smallest absolute Gasteiger partial charge is 0.159 e. The molecule has 0 spiro atoms. The molecule has 0 N–H and O–H groups in total. The van der Waals surface area contributed by atoms with Crippen molar-refractivity contribution in [3.63, 3.8) is 0 Å². The standard InChI is InChI=1S/C20H23N5/c1-20(2,3)19-22-11-15-12-25(10-8-17(15)24-19)13-16-7-6-14-5-4-9-21-18(14)23-16/h4-7,9,11H,8,10,12-13H2,1-3H3. The van der Waals surface area contributed by atoms with Crippen molar-refractivity contribution in [2.24, 2.45) is 0 Å². The van der Waals surface area contributed by atoms with Crippen LogP contribution in [0.15, 0.2) is 36.7 Å². The Hall–Kier alpha value is -2.40. The molecule has 128 valence electrons. The molecule has 3 aromatic heterocycles. The molecule has 5 heteroatoms. The minimum absolute atomic E-state index is 0.00577. The molecule has 0 aromatic carbocycles. The van der Waals surface area contributed by atoms with E-state index in [2.05, 4.69) is 52.8 Å². The third-order valence-electron chi connectivity index (χ3n) is 4.59. The second-order valence-electron chi connectivity index (χ2n) is 7.73. The highest BCUT2D eigenvalue weighted by Gasteiger charge is 2.23. The van der Waals surface area contributed by atoms with Crippen molar-refractivity contribution in [2.45, 2.75) is 45.7 Å². The Kier molecular flexibility index (Phi) is 3.96. The molecule has 0 saturated carbocycles. The van der Waals surface area contributed by atoms with Gasteiger partial charge in [-0.25, -0.2) is 19.9 Å². The molecule has 25 heavy (non-hydrogen) atoms. The Labute approximate surface area is 148 Å². The summed E-state index contributed by atoms with van der Waals surface area (Å²) in [6, 6.07) is 8.18. The SMILES string of the molecule is CC(C)(C)c1ncc2c(n1)CCN(Cc1ccc3cccnc3n1)C2. The normalized spacial score (nSPS) is 15.3. The lowest BCUT2D eigenvalue weighted by Crippen LogP contribution is -2.32. The fourth-order valence-electron chi connectivity index (χ4n) is 3.18. The number of fused-ring (bicyclic) bond motifs is 2. The van der Waals surface area contributed by atoms with Crippen LogP contribution in [0.3, 0.4) is 0 Å². The van der Waals surface area contributed by atoms with E-state index in [1.807, 2.05) is 18.3 Å². The Morgan fingerprint density at radius 3 is 2.80 bits per heavy atom. The molecule has 0 aliphatic carbocycles. The number of nitrogens with zero attached hydrogens (tertiary/aromatic N) is 5. The summed E-state index contributed by atoms with van der Waals surface area (Å²) in [6.45, 7) is 9.17. The first-order valence-corrected chi connectivity index (χ1v) is 8.77. The van der Waals surface area contributed by atoms with Crippen molar-refractivity contribution in [3.05, 3.63) is 59.4 Å². The van der Waals surface area contributed by atoms with Crippen molar-refractivity contribution in [2.75, 3.05) is 6.54 Å². The van der Waals surface area contributed by atoms with Gasteiger partial charge in [-0.3, -0.25) is 4.90 Å². The van der Waals surface area contributed by atoms with Crippen LogP contribution >= 0.6 is 0 Å². The van der Waals surface area contributed by atoms with Gasteiger partial charge in [0, 0.05) is 60.5 Å².